The van der Waals surface area contributed by atoms with Gasteiger partial charge in [0, 0.05) is 5.56 Å². The lowest BCUT2D eigenvalue weighted by Gasteiger charge is -2.12. The Kier molecular flexibility index (Phi) is 3.69. The SMILES string of the molecule is Cc1noc2nc(-c3ccccc3)cc(C(=O)N[C@@H](C#N)C3CC3)c12. The molecule has 3 aromatic rings. The predicted molar refractivity (Wildman–Crippen MR) is 91.6 cm³/mol. The number of aromatic nitrogens is 2. The standard InChI is InChI=1S/C19H16N4O2/c1-11-17-14(18(24)21-16(10-20)13-7-8-13)9-15(22-19(17)25-23-11)12-5-3-2-4-6-12/h2-6,9,13,16H,7-8H2,1H3,(H,21,24)/t16-/m0/s1. The number of carbonyl (C=O) groups excluding carboxylic acids is 1. The first-order valence-electron chi connectivity index (χ1n) is 8.20. The number of amides is 1. The van der Waals surface area contributed by atoms with Crippen LogP contribution in [0.2, 0.25) is 0 Å². The number of hydrogen-bond acceptors (Lipinski definition) is 5. The molecule has 4 rings (SSSR count). The van der Waals surface area contributed by atoms with Crippen LogP contribution in [0.5, 0.6) is 0 Å². The smallest absolute Gasteiger partial charge is 0.259 e. The van der Waals surface area contributed by atoms with Crippen LogP contribution >= 0.6 is 0 Å². The van der Waals surface area contributed by atoms with Crippen LogP contribution in [0, 0.1) is 24.2 Å². The van der Waals surface area contributed by atoms with Crippen molar-refractivity contribution in [2.75, 3.05) is 0 Å². The first-order chi connectivity index (χ1) is 12.2. The average molecular weight is 332 g/mol. The molecule has 1 aliphatic carbocycles. The number of nitrogens with zero attached hydrogens (tertiary/aromatic N) is 3. The van der Waals surface area contributed by atoms with E-state index in [4.69, 9.17) is 4.52 Å². The van der Waals surface area contributed by atoms with E-state index in [2.05, 4.69) is 21.5 Å². The Morgan fingerprint density at radius 1 is 1.36 bits per heavy atom. The van der Waals surface area contributed by atoms with Crippen LogP contribution in [0.25, 0.3) is 22.4 Å². The van der Waals surface area contributed by atoms with Gasteiger partial charge in [0.05, 0.1) is 28.4 Å². The van der Waals surface area contributed by atoms with Crippen molar-refractivity contribution in [1.29, 1.82) is 5.26 Å². The molecule has 1 aliphatic rings. The van der Waals surface area contributed by atoms with Crippen LogP contribution in [-0.2, 0) is 0 Å². The second-order valence-electron chi connectivity index (χ2n) is 6.29. The Morgan fingerprint density at radius 3 is 2.80 bits per heavy atom. The van der Waals surface area contributed by atoms with Gasteiger partial charge in [-0.1, -0.05) is 35.5 Å². The van der Waals surface area contributed by atoms with Gasteiger partial charge in [-0.3, -0.25) is 4.79 Å². The normalized spacial score (nSPS) is 14.9. The van der Waals surface area contributed by atoms with Crippen molar-refractivity contribution in [3.8, 4) is 17.3 Å². The first-order valence-corrected chi connectivity index (χ1v) is 8.20. The Bertz CT molecular complexity index is 984. The molecule has 1 aromatic carbocycles. The number of benzene rings is 1. The molecule has 2 heterocycles. The summed E-state index contributed by atoms with van der Waals surface area (Å²) in [6.45, 7) is 1.77. The van der Waals surface area contributed by atoms with Gasteiger partial charge in [0.25, 0.3) is 11.6 Å². The lowest BCUT2D eigenvalue weighted by atomic mass is 10.0. The fraction of sp³-hybridized carbons (Fsp3) is 0.263. The molecule has 0 spiro atoms. The van der Waals surface area contributed by atoms with Gasteiger partial charge < -0.3 is 9.84 Å². The number of nitriles is 1. The van der Waals surface area contributed by atoms with Crippen molar-refractivity contribution < 1.29 is 9.32 Å². The van der Waals surface area contributed by atoms with Crippen LogP contribution < -0.4 is 5.32 Å². The van der Waals surface area contributed by atoms with Gasteiger partial charge in [0.1, 0.15) is 6.04 Å². The third-order valence-corrected chi connectivity index (χ3v) is 4.45. The number of pyridine rings is 1. The molecule has 0 aliphatic heterocycles. The molecule has 6 heteroatoms. The van der Waals surface area contributed by atoms with E-state index in [1.807, 2.05) is 30.3 Å². The van der Waals surface area contributed by atoms with Crippen LogP contribution in [0.4, 0.5) is 0 Å². The van der Waals surface area contributed by atoms with Crippen molar-refractivity contribution in [3.05, 3.63) is 47.7 Å². The molecule has 1 fully saturated rings. The number of rotatable bonds is 4. The Balaban J connectivity index is 1.79. The maximum Gasteiger partial charge on any atom is 0.259 e. The number of fused-ring (bicyclic) bond motifs is 1. The summed E-state index contributed by atoms with van der Waals surface area (Å²) >= 11 is 0. The maximum absolute atomic E-state index is 12.8. The van der Waals surface area contributed by atoms with E-state index in [1.54, 1.807) is 13.0 Å². The molecule has 1 atom stereocenters. The van der Waals surface area contributed by atoms with Gasteiger partial charge in [0.15, 0.2) is 0 Å². The summed E-state index contributed by atoms with van der Waals surface area (Å²) in [5.41, 5.74) is 2.88. The molecule has 0 saturated heterocycles. The quantitative estimate of drug-likeness (QED) is 0.792. The Labute approximate surface area is 144 Å². The van der Waals surface area contributed by atoms with Gasteiger partial charge in [-0.15, -0.1) is 0 Å². The molecule has 1 N–H and O–H groups in total. The van der Waals surface area contributed by atoms with E-state index in [-0.39, 0.29) is 11.8 Å². The molecule has 0 radical (unpaired) electrons. The van der Waals surface area contributed by atoms with E-state index in [0.717, 1.165) is 18.4 Å². The minimum absolute atomic E-state index is 0.253. The highest BCUT2D eigenvalue weighted by Crippen LogP contribution is 2.33. The molecular weight excluding hydrogens is 316 g/mol. The lowest BCUT2D eigenvalue weighted by Crippen LogP contribution is -2.35. The highest BCUT2D eigenvalue weighted by molar-refractivity contribution is 6.07. The minimum Gasteiger partial charge on any atom is -0.336 e. The molecule has 1 amide bonds. The predicted octanol–water partition coefficient (Wildman–Crippen LogP) is 3.23. The lowest BCUT2D eigenvalue weighted by molar-refractivity contribution is 0.0943. The second-order valence-corrected chi connectivity index (χ2v) is 6.29. The first kappa shape index (κ1) is 15.3. The van der Waals surface area contributed by atoms with E-state index >= 15 is 0 Å². The van der Waals surface area contributed by atoms with E-state index < -0.39 is 6.04 Å². The third-order valence-electron chi connectivity index (χ3n) is 4.45. The molecular formula is C19H16N4O2. The van der Waals surface area contributed by atoms with Crippen LogP contribution in [-0.4, -0.2) is 22.1 Å². The largest absolute Gasteiger partial charge is 0.336 e. The number of nitrogens with one attached hydrogen (secondary N) is 1. The fourth-order valence-electron chi connectivity index (χ4n) is 2.93. The van der Waals surface area contributed by atoms with Gasteiger partial charge in [-0.05, 0) is 31.7 Å². The van der Waals surface area contributed by atoms with Gasteiger partial charge in [-0.25, -0.2) is 4.98 Å². The zero-order valence-corrected chi connectivity index (χ0v) is 13.7. The third kappa shape index (κ3) is 2.85. The summed E-state index contributed by atoms with van der Waals surface area (Å²) in [6.07, 6.45) is 1.96. The Hall–Kier alpha value is -3.20. The Morgan fingerprint density at radius 2 is 2.12 bits per heavy atom. The van der Waals surface area contributed by atoms with Gasteiger partial charge >= 0.3 is 0 Å². The van der Waals surface area contributed by atoms with Crippen molar-refractivity contribution in [3.63, 3.8) is 0 Å². The highest BCUT2D eigenvalue weighted by atomic mass is 16.5. The zero-order valence-electron chi connectivity index (χ0n) is 13.7. The topological polar surface area (TPSA) is 91.8 Å². The zero-order chi connectivity index (χ0) is 17.4. The maximum atomic E-state index is 12.8. The molecule has 6 nitrogen and oxygen atoms in total. The van der Waals surface area contributed by atoms with E-state index in [9.17, 15) is 10.1 Å². The average Bonchev–Trinajstić information content (AvgIpc) is 3.42. The summed E-state index contributed by atoms with van der Waals surface area (Å²) in [7, 11) is 0. The molecule has 2 aromatic heterocycles. The van der Waals surface area contributed by atoms with Crippen LogP contribution in [0.15, 0.2) is 40.9 Å². The van der Waals surface area contributed by atoms with E-state index in [1.165, 1.54) is 0 Å². The summed E-state index contributed by atoms with van der Waals surface area (Å²) in [5, 5.41) is 16.6. The highest BCUT2D eigenvalue weighted by Gasteiger charge is 2.33. The van der Waals surface area contributed by atoms with Crippen LogP contribution in [0.1, 0.15) is 28.9 Å². The van der Waals surface area contributed by atoms with Gasteiger partial charge in [-0.2, -0.15) is 5.26 Å². The minimum atomic E-state index is -0.462. The second kappa shape index (κ2) is 6.02. The molecule has 25 heavy (non-hydrogen) atoms. The van der Waals surface area contributed by atoms with Crippen molar-refractivity contribution in [1.82, 2.24) is 15.5 Å². The van der Waals surface area contributed by atoms with Crippen LogP contribution in [0.3, 0.4) is 0 Å². The van der Waals surface area contributed by atoms with Crippen molar-refractivity contribution >= 4 is 17.0 Å². The summed E-state index contributed by atoms with van der Waals surface area (Å²) in [6, 6.07) is 13.0. The van der Waals surface area contributed by atoms with Crippen molar-refractivity contribution in [2.45, 2.75) is 25.8 Å². The summed E-state index contributed by atoms with van der Waals surface area (Å²) < 4.78 is 5.29. The summed E-state index contributed by atoms with van der Waals surface area (Å²) in [4.78, 5) is 17.3. The fourth-order valence-corrected chi connectivity index (χ4v) is 2.93. The number of aryl methyl sites for hydroxylation is 1. The molecule has 0 unspecified atom stereocenters. The van der Waals surface area contributed by atoms with Crippen molar-refractivity contribution in [2.24, 2.45) is 5.92 Å². The van der Waals surface area contributed by atoms with E-state index in [0.29, 0.717) is 28.1 Å². The number of hydrogen-bond donors (Lipinski definition) is 1. The van der Waals surface area contributed by atoms with Gasteiger partial charge in [0.2, 0.25) is 0 Å². The molecule has 0 bridgehead atoms. The monoisotopic (exact) mass is 332 g/mol. The molecule has 124 valence electrons. The number of carbonyl (C=O) groups is 1. The summed E-state index contributed by atoms with van der Waals surface area (Å²) in [5.74, 6) is -0.0437. The molecule has 1 saturated carbocycles.